The molecule has 0 atom stereocenters. The highest BCUT2D eigenvalue weighted by Crippen LogP contribution is 2.33. The molecule has 1 fully saturated rings. The topological polar surface area (TPSA) is 29.5 Å². The van der Waals surface area contributed by atoms with Gasteiger partial charge in [-0.3, -0.25) is 0 Å². The highest BCUT2D eigenvalue weighted by atomic mass is 79.9. The second kappa shape index (κ2) is 11.1. The van der Waals surface area contributed by atoms with E-state index in [9.17, 15) is 18.0 Å². The van der Waals surface area contributed by atoms with Gasteiger partial charge in [0.2, 0.25) is 0 Å². The Labute approximate surface area is 173 Å². The molecule has 2 rings (SSSR count). The monoisotopic (exact) mass is 463 g/mol. The molecule has 0 saturated heterocycles. The lowest BCUT2D eigenvalue weighted by Gasteiger charge is -2.31. The molecule has 158 valence electrons. The SMILES string of the molecule is CN(CC1CCC(CCCCCBr)CC1)C(=O)Oc1ccc(C(F)(F)F)cc1. The highest BCUT2D eigenvalue weighted by molar-refractivity contribution is 9.09. The largest absolute Gasteiger partial charge is 0.416 e. The third kappa shape index (κ3) is 7.64. The molecule has 28 heavy (non-hydrogen) atoms. The van der Waals surface area contributed by atoms with E-state index in [0.717, 1.165) is 36.2 Å². The number of benzene rings is 1. The second-order valence-corrected chi connectivity index (χ2v) is 8.49. The highest BCUT2D eigenvalue weighted by Gasteiger charge is 2.30. The van der Waals surface area contributed by atoms with Crippen molar-refractivity contribution in [2.24, 2.45) is 11.8 Å². The van der Waals surface area contributed by atoms with E-state index in [-0.39, 0.29) is 5.75 Å². The molecule has 0 spiro atoms. The molecule has 0 unspecified atom stereocenters. The molecule has 0 heterocycles. The van der Waals surface area contributed by atoms with E-state index in [1.165, 1.54) is 55.6 Å². The van der Waals surface area contributed by atoms with Crippen molar-refractivity contribution < 1.29 is 22.7 Å². The van der Waals surface area contributed by atoms with Crippen LogP contribution in [0, 0.1) is 11.8 Å². The van der Waals surface area contributed by atoms with Gasteiger partial charge in [-0.2, -0.15) is 13.2 Å². The Morgan fingerprint density at radius 3 is 2.25 bits per heavy atom. The molecular formula is C21H29BrF3NO2. The van der Waals surface area contributed by atoms with Gasteiger partial charge in [0.25, 0.3) is 0 Å². The zero-order chi connectivity index (χ0) is 20.6. The van der Waals surface area contributed by atoms with Crippen LogP contribution in [-0.4, -0.2) is 29.9 Å². The number of unbranched alkanes of at least 4 members (excludes halogenated alkanes) is 2. The van der Waals surface area contributed by atoms with E-state index in [1.54, 1.807) is 7.05 Å². The number of nitrogens with zero attached hydrogens (tertiary/aromatic N) is 1. The Hall–Kier alpha value is -1.24. The molecule has 1 saturated carbocycles. The average Bonchev–Trinajstić information content (AvgIpc) is 2.66. The Balaban J connectivity index is 1.71. The molecule has 1 aromatic rings. The summed E-state index contributed by atoms with van der Waals surface area (Å²) in [5, 5.41) is 1.08. The number of ether oxygens (including phenoxy) is 1. The van der Waals surface area contributed by atoms with Crippen LogP contribution < -0.4 is 4.74 Å². The second-order valence-electron chi connectivity index (χ2n) is 7.70. The molecule has 0 radical (unpaired) electrons. The number of alkyl halides is 4. The minimum absolute atomic E-state index is 0.122. The van der Waals surface area contributed by atoms with Gasteiger partial charge in [-0.1, -0.05) is 48.0 Å². The summed E-state index contributed by atoms with van der Waals surface area (Å²) >= 11 is 3.46. The molecule has 3 nitrogen and oxygen atoms in total. The summed E-state index contributed by atoms with van der Waals surface area (Å²) in [5.74, 6) is 1.39. The number of rotatable bonds is 8. The van der Waals surface area contributed by atoms with Crippen molar-refractivity contribution in [3.63, 3.8) is 0 Å². The van der Waals surface area contributed by atoms with Crippen LogP contribution in [0.1, 0.15) is 56.9 Å². The standard InChI is InChI=1S/C21H29BrF3NO2/c1-26(15-17-8-6-16(7-9-17)5-3-2-4-14-22)20(27)28-19-12-10-18(11-13-19)21(23,24)25/h10-13,16-17H,2-9,14-15H2,1H3. The number of carbonyl (C=O) groups is 1. The van der Waals surface area contributed by atoms with E-state index < -0.39 is 17.8 Å². The fraction of sp³-hybridized carbons (Fsp3) is 0.667. The van der Waals surface area contributed by atoms with Crippen molar-refractivity contribution in [1.82, 2.24) is 4.90 Å². The van der Waals surface area contributed by atoms with Crippen LogP contribution in [0.5, 0.6) is 5.75 Å². The smallest absolute Gasteiger partial charge is 0.410 e. The first-order valence-corrected chi connectivity index (χ1v) is 11.1. The first-order valence-electron chi connectivity index (χ1n) is 9.95. The Bertz CT molecular complexity index is 599. The minimum Gasteiger partial charge on any atom is -0.410 e. The van der Waals surface area contributed by atoms with Crippen LogP contribution in [0.2, 0.25) is 0 Å². The van der Waals surface area contributed by atoms with Crippen LogP contribution >= 0.6 is 15.9 Å². The van der Waals surface area contributed by atoms with Crippen molar-refractivity contribution in [1.29, 1.82) is 0 Å². The van der Waals surface area contributed by atoms with Crippen LogP contribution in [0.15, 0.2) is 24.3 Å². The van der Waals surface area contributed by atoms with Crippen LogP contribution in [0.25, 0.3) is 0 Å². The normalized spacial score (nSPS) is 20.0. The minimum atomic E-state index is -4.40. The summed E-state index contributed by atoms with van der Waals surface area (Å²) in [4.78, 5) is 13.7. The predicted octanol–water partition coefficient (Wildman–Crippen LogP) is 6.90. The van der Waals surface area contributed by atoms with E-state index in [1.807, 2.05) is 0 Å². The summed E-state index contributed by atoms with van der Waals surface area (Å²) in [5.41, 5.74) is -0.760. The lowest BCUT2D eigenvalue weighted by atomic mass is 9.79. The van der Waals surface area contributed by atoms with Crippen molar-refractivity contribution in [2.75, 3.05) is 18.9 Å². The fourth-order valence-corrected chi connectivity index (χ4v) is 4.16. The molecule has 1 amide bonds. The van der Waals surface area contributed by atoms with Crippen LogP contribution in [0.3, 0.4) is 0 Å². The van der Waals surface area contributed by atoms with Crippen molar-refractivity contribution in [3.8, 4) is 5.75 Å². The van der Waals surface area contributed by atoms with E-state index in [0.29, 0.717) is 12.5 Å². The average molecular weight is 464 g/mol. The van der Waals surface area contributed by atoms with Gasteiger partial charge in [-0.15, -0.1) is 0 Å². The first-order chi connectivity index (χ1) is 13.3. The van der Waals surface area contributed by atoms with E-state index in [2.05, 4.69) is 15.9 Å². The van der Waals surface area contributed by atoms with Crippen molar-refractivity contribution >= 4 is 22.0 Å². The zero-order valence-corrected chi connectivity index (χ0v) is 17.9. The van der Waals surface area contributed by atoms with Crippen LogP contribution in [0.4, 0.5) is 18.0 Å². The van der Waals surface area contributed by atoms with Gasteiger partial charge in [0.15, 0.2) is 0 Å². The number of halogens is 4. The molecular weight excluding hydrogens is 435 g/mol. The Morgan fingerprint density at radius 2 is 1.68 bits per heavy atom. The predicted molar refractivity (Wildman–Crippen MR) is 108 cm³/mol. The molecule has 1 aromatic carbocycles. The van der Waals surface area contributed by atoms with E-state index in [4.69, 9.17) is 4.74 Å². The van der Waals surface area contributed by atoms with Gasteiger partial charge in [0, 0.05) is 18.9 Å². The Kier molecular flexibility index (Phi) is 9.12. The van der Waals surface area contributed by atoms with Gasteiger partial charge in [-0.05, 0) is 55.4 Å². The molecule has 0 bridgehead atoms. The van der Waals surface area contributed by atoms with Crippen molar-refractivity contribution in [3.05, 3.63) is 29.8 Å². The van der Waals surface area contributed by atoms with Crippen LogP contribution in [-0.2, 0) is 6.18 Å². The summed E-state index contributed by atoms with van der Waals surface area (Å²) in [7, 11) is 1.68. The first kappa shape index (κ1) is 23.0. The van der Waals surface area contributed by atoms with Gasteiger partial charge in [-0.25, -0.2) is 4.79 Å². The zero-order valence-electron chi connectivity index (χ0n) is 16.3. The number of carbonyl (C=O) groups excluding carboxylic acids is 1. The maximum atomic E-state index is 12.6. The quantitative estimate of drug-likeness (QED) is 0.310. The van der Waals surface area contributed by atoms with Gasteiger partial charge in [0.05, 0.1) is 5.56 Å². The van der Waals surface area contributed by atoms with Gasteiger partial charge in [0.1, 0.15) is 5.75 Å². The number of amides is 1. The van der Waals surface area contributed by atoms with E-state index >= 15 is 0 Å². The molecule has 0 aliphatic heterocycles. The number of hydrogen-bond acceptors (Lipinski definition) is 2. The van der Waals surface area contributed by atoms with Gasteiger partial charge < -0.3 is 9.64 Å². The third-order valence-electron chi connectivity index (χ3n) is 5.44. The molecule has 1 aliphatic rings. The molecule has 7 heteroatoms. The third-order valence-corrected chi connectivity index (χ3v) is 6.00. The Morgan fingerprint density at radius 1 is 1.07 bits per heavy atom. The maximum absolute atomic E-state index is 12.6. The summed E-state index contributed by atoms with van der Waals surface area (Å²) < 4.78 is 42.9. The molecule has 0 N–H and O–H groups in total. The molecule has 1 aliphatic carbocycles. The fourth-order valence-electron chi connectivity index (χ4n) is 3.76. The van der Waals surface area contributed by atoms with Gasteiger partial charge >= 0.3 is 12.3 Å². The lowest BCUT2D eigenvalue weighted by molar-refractivity contribution is -0.137. The molecule has 0 aromatic heterocycles. The summed E-state index contributed by atoms with van der Waals surface area (Å²) in [6.45, 7) is 0.621. The maximum Gasteiger partial charge on any atom is 0.416 e. The van der Waals surface area contributed by atoms with Crippen molar-refractivity contribution in [2.45, 2.75) is 57.5 Å². The summed E-state index contributed by atoms with van der Waals surface area (Å²) in [6, 6.07) is 4.19. The number of hydrogen-bond donors (Lipinski definition) is 0. The lowest BCUT2D eigenvalue weighted by Crippen LogP contribution is -2.35. The summed E-state index contributed by atoms with van der Waals surface area (Å²) in [6.07, 6.45) is 4.82.